The molecule has 0 atom stereocenters. The highest BCUT2D eigenvalue weighted by Gasteiger charge is 2.17. The quantitative estimate of drug-likeness (QED) is 0.763. The zero-order valence-corrected chi connectivity index (χ0v) is 11.9. The van der Waals surface area contributed by atoms with E-state index in [0.29, 0.717) is 27.7 Å². The van der Waals surface area contributed by atoms with Crippen molar-refractivity contribution in [1.29, 1.82) is 0 Å². The summed E-state index contributed by atoms with van der Waals surface area (Å²) in [5.74, 6) is -0.224. The Bertz CT molecular complexity index is 842. The minimum atomic E-state index is -0.312. The van der Waals surface area contributed by atoms with Gasteiger partial charge in [-0.3, -0.25) is 9.20 Å². The number of carbonyl (C=O) groups is 1. The van der Waals surface area contributed by atoms with E-state index >= 15 is 0 Å². The number of amides is 1. The standard InChI is InChI=1S/C15H12ClN3O2/c1-9-14(19-8-10(16)5-6-13(19)17-9)15(21)18-11-3-2-4-12(20)7-11/h2-8,20H,1H3,(H,18,21). The fourth-order valence-corrected chi connectivity index (χ4v) is 2.34. The number of phenolic OH excluding ortho intramolecular Hbond substituents is 1. The molecule has 0 fully saturated rings. The topological polar surface area (TPSA) is 66.6 Å². The Kier molecular flexibility index (Phi) is 3.27. The molecule has 2 N–H and O–H groups in total. The Labute approximate surface area is 125 Å². The highest BCUT2D eigenvalue weighted by molar-refractivity contribution is 6.30. The maximum atomic E-state index is 12.4. The lowest BCUT2D eigenvalue weighted by Crippen LogP contribution is -2.15. The molecule has 1 aromatic carbocycles. The molecule has 0 aliphatic rings. The summed E-state index contributed by atoms with van der Waals surface area (Å²) in [7, 11) is 0. The van der Waals surface area contributed by atoms with E-state index in [0.717, 1.165) is 0 Å². The lowest BCUT2D eigenvalue weighted by Gasteiger charge is -2.06. The summed E-state index contributed by atoms with van der Waals surface area (Å²) in [6.07, 6.45) is 1.65. The Morgan fingerprint density at radius 3 is 2.90 bits per heavy atom. The van der Waals surface area contributed by atoms with Crippen molar-refractivity contribution in [2.45, 2.75) is 6.92 Å². The van der Waals surface area contributed by atoms with Crippen molar-refractivity contribution in [3.8, 4) is 5.75 Å². The molecule has 0 radical (unpaired) electrons. The van der Waals surface area contributed by atoms with Crippen molar-refractivity contribution in [3.05, 3.63) is 59.0 Å². The fraction of sp³-hybridized carbons (Fsp3) is 0.0667. The van der Waals surface area contributed by atoms with Gasteiger partial charge in [-0.05, 0) is 31.2 Å². The van der Waals surface area contributed by atoms with Crippen LogP contribution in [0.2, 0.25) is 5.02 Å². The molecule has 21 heavy (non-hydrogen) atoms. The highest BCUT2D eigenvalue weighted by Crippen LogP contribution is 2.19. The second-order valence-electron chi connectivity index (χ2n) is 4.63. The number of aromatic hydroxyl groups is 1. The molecule has 0 unspecified atom stereocenters. The molecule has 5 nitrogen and oxygen atoms in total. The first-order chi connectivity index (χ1) is 10.0. The molecular weight excluding hydrogens is 290 g/mol. The number of nitrogens with one attached hydrogen (secondary N) is 1. The Morgan fingerprint density at radius 2 is 2.14 bits per heavy atom. The number of fused-ring (bicyclic) bond motifs is 1. The smallest absolute Gasteiger partial charge is 0.274 e. The maximum Gasteiger partial charge on any atom is 0.274 e. The highest BCUT2D eigenvalue weighted by atomic mass is 35.5. The van der Waals surface area contributed by atoms with Gasteiger partial charge in [0.2, 0.25) is 0 Å². The number of anilines is 1. The molecule has 6 heteroatoms. The summed E-state index contributed by atoms with van der Waals surface area (Å²) in [6.45, 7) is 1.76. The Hall–Kier alpha value is -2.53. The molecule has 1 amide bonds. The van der Waals surface area contributed by atoms with E-state index in [2.05, 4.69) is 10.3 Å². The van der Waals surface area contributed by atoms with Crippen molar-refractivity contribution < 1.29 is 9.90 Å². The molecule has 0 aliphatic carbocycles. The zero-order chi connectivity index (χ0) is 15.0. The van der Waals surface area contributed by atoms with Crippen LogP contribution >= 0.6 is 11.6 Å². The van der Waals surface area contributed by atoms with Crippen molar-refractivity contribution in [2.24, 2.45) is 0 Å². The van der Waals surface area contributed by atoms with Gasteiger partial charge in [0.05, 0.1) is 10.7 Å². The first-order valence-corrected chi connectivity index (χ1v) is 6.67. The average molecular weight is 302 g/mol. The lowest BCUT2D eigenvalue weighted by atomic mass is 10.2. The summed E-state index contributed by atoms with van der Waals surface area (Å²) in [4.78, 5) is 16.8. The molecular formula is C15H12ClN3O2. The molecule has 0 spiro atoms. The number of benzene rings is 1. The van der Waals surface area contributed by atoms with Crippen molar-refractivity contribution in [1.82, 2.24) is 9.38 Å². The van der Waals surface area contributed by atoms with E-state index in [1.807, 2.05) is 0 Å². The van der Waals surface area contributed by atoms with Gasteiger partial charge >= 0.3 is 0 Å². The number of carbonyl (C=O) groups excluding carboxylic acids is 1. The van der Waals surface area contributed by atoms with Gasteiger partial charge in [-0.1, -0.05) is 17.7 Å². The molecule has 3 rings (SSSR count). The van der Waals surface area contributed by atoms with E-state index in [-0.39, 0.29) is 11.7 Å². The lowest BCUT2D eigenvalue weighted by molar-refractivity contribution is 0.102. The number of pyridine rings is 1. The predicted molar refractivity (Wildman–Crippen MR) is 81.0 cm³/mol. The summed E-state index contributed by atoms with van der Waals surface area (Å²) < 4.78 is 1.65. The van der Waals surface area contributed by atoms with Crippen LogP contribution in [0.25, 0.3) is 5.65 Å². The third-order valence-electron chi connectivity index (χ3n) is 3.08. The molecule has 0 aliphatic heterocycles. The largest absolute Gasteiger partial charge is 0.508 e. The van der Waals surface area contributed by atoms with Crippen molar-refractivity contribution in [3.63, 3.8) is 0 Å². The second kappa shape index (κ2) is 5.10. The molecule has 106 valence electrons. The first kappa shape index (κ1) is 13.5. The van der Waals surface area contributed by atoms with E-state index < -0.39 is 0 Å². The van der Waals surface area contributed by atoms with Gasteiger partial charge < -0.3 is 10.4 Å². The summed E-state index contributed by atoms with van der Waals surface area (Å²) in [6, 6.07) is 9.84. The van der Waals surface area contributed by atoms with Gasteiger partial charge in [-0.15, -0.1) is 0 Å². The first-order valence-electron chi connectivity index (χ1n) is 6.29. The average Bonchev–Trinajstić information content (AvgIpc) is 2.74. The van der Waals surface area contributed by atoms with Gasteiger partial charge in [0.15, 0.2) is 0 Å². The van der Waals surface area contributed by atoms with Crippen LogP contribution in [-0.2, 0) is 0 Å². The predicted octanol–water partition coefficient (Wildman–Crippen LogP) is 3.25. The van der Waals surface area contributed by atoms with Crippen LogP contribution in [0, 0.1) is 6.92 Å². The van der Waals surface area contributed by atoms with E-state index in [1.165, 1.54) is 12.1 Å². The number of phenols is 1. The minimum absolute atomic E-state index is 0.0886. The third kappa shape index (κ3) is 2.55. The van der Waals surface area contributed by atoms with Gasteiger partial charge in [0, 0.05) is 18.0 Å². The van der Waals surface area contributed by atoms with Gasteiger partial charge in [0.25, 0.3) is 5.91 Å². The van der Waals surface area contributed by atoms with Gasteiger partial charge in [0.1, 0.15) is 17.1 Å². The number of nitrogens with zero attached hydrogens (tertiary/aromatic N) is 2. The van der Waals surface area contributed by atoms with Crippen LogP contribution in [0.15, 0.2) is 42.6 Å². The van der Waals surface area contributed by atoms with Gasteiger partial charge in [-0.25, -0.2) is 4.98 Å². The summed E-state index contributed by atoms with van der Waals surface area (Å²) >= 11 is 5.97. The number of hydrogen-bond acceptors (Lipinski definition) is 3. The second-order valence-corrected chi connectivity index (χ2v) is 5.06. The number of halogens is 1. The SMILES string of the molecule is Cc1nc2ccc(Cl)cn2c1C(=O)Nc1cccc(O)c1. The summed E-state index contributed by atoms with van der Waals surface area (Å²) in [5.41, 5.74) is 2.18. The zero-order valence-electron chi connectivity index (χ0n) is 11.2. The van der Waals surface area contributed by atoms with E-state index in [4.69, 9.17) is 11.6 Å². The Balaban J connectivity index is 2.01. The fourth-order valence-electron chi connectivity index (χ4n) is 2.18. The maximum absolute atomic E-state index is 12.4. The number of aromatic nitrogens is 2. The van der Waals surface area contributed by atoms with Crippen molar-refractivity contribution >= 4 is 28.8 Å². The third-order valence-corrected chi connectivity index (χ3v) is 3.30. The number of aryl methyl sites for hydroxylation is 1. The van der Waals surface area contributed by atoms with Crippen LogP contribution in [0.4, 0.5) is 5.69 Å². The number of hydrogen-bond donors (Lipinski definition) is 2. The molecule has 0 saturated carbocycles. The summed E-state index contributed by atoms with van der Waals surface area (Å²) in [5, 5.41) is 12.7. The minimum Gasteiger partial charge on any atom is -0.508 e. The van der Waals surface area contributed by atoms with Gasteiger partial charge in [-0.2, -0.15) is 0 Å². The monoisotopic (exact) mass is 301 g/mol. The normalized spacial score (nSPS) is 10.8. The van der Waals surface area contributed by atoms with Crippen LogP contribution in [-0.4, -0.2) is 20.4 Å². The molecule has 0 saturated heterocycles. The van der Waals surface area contributed by atoms with Crippen LogP contribution in [0.1, 0.15) is 16.2 Å². The number of imidazole rings is 1. The van der Waals surface area contributed by atoms with Crippen LogP contribution in [0.5, 0.6) is 5.75 Å². The van der Waals surface area contributed by atoms with Crippen LogP contribution < -0.4 is 5.32 Å². The number of rotatable bonds is 2. The van der Waals surface area contributed by atoms with Crippen molar-refractivity contribution in [2.75, 3.05) is 5.32 Å². The molecule has 2 heterocycles. The van der Waals surface area contributed by atoms with E-state index in [9.17, 15) is 9.90 Å². The molecule has 2 aromatic heterocycles. The molecule has 0 bridgehead atoms. The Morgan fingerprint density at radius 1 is 1.33 bits per heavy atom. The van der Waals surface area contributed by atoms with E-state index in [1.54, 1.807) is 41.8 Å². The van der Waals surface area contributed by atoms with Crippen LogP contribution in [0.3, 0.4) is 0 Å². The molecule has 3 aromatic rings.